The van der Waals surface area contributed by atoms with Crippen molar-refractivity contribution in [3.63, 3.8) is 0 Å². The summed E-state index contributed by atoms with van der Waals surface area (Å²) in [7, 11) is 0. The lowest BCUT2D eigenvalue weighted by Gasteiger charge is -2.23. The summed E-state index contributed by atoms with van der Waals surface area (Å²) in [5.41, 5.74) is 3.03. The zero-order chi connectivity index (χ0) is 31.7. The Kier molecular flexibility index (Phi) is 8.68. The van der Waals surface area contributed by atoms with Gasteiger partial charge in [-0.2, -0.15) is 0 Å². The Morgan fingerprint density at radius 2 is 1.93 bits per heavy atom. The first kappa shape index (κ1) is 30.7. The van der Waals surface area contributed by atoms with Crippen molar-refractivity contribution in [1.82, 2.24) is 14.4 Å². The van der Waals surface area contributed by atoms with Gasteiger partial charge in [0, 0.05) is 6.20 Å². The van der Waals surface area contributed by atoms with Crippen molar-refractivity contribution in [3.05, 3.63) is 93.9 Å². The van der Waals surface area contributed by atoms with Crippen molar-refractivity contribution in [3.8, 4) is 5.75 Å². The highest BCUT2D eigenvalue weighted by molar-refractivity contribution is 7.17. The average molecular weight is 615 g/mol. The minimum absolute atomic E-state index is 0.0114. The van der Waals surface area contributed by atoms with Crippen LogP contribution in [0.2, 0.25) is 0 Å². The number of ether oxygens (including phenoxy) is 2. The van der Waals surface area contributed by atoms with Gasteiger partial charge in [-0.3, -0.25) is 14.5 Å². The standard InChI is InChI=1S/C33H34N4O6S/c1-7-15-43-32(41)29-20(5)34-33(44-29)37-26(22-11-8-12-23(17-22)42-16-13-18(2)3)24(28(39)31(37)40)27(38)25-21(6)36-14-9-10-19(4)30(36)35-25/h7-12,14,17-18,26,38H,1,13,15-16H2,2-6H3. The Balaban J connectivity index is 1.68. The summed E-state index contributed by atoms with van der Waals surface area (Å²) < 4.78 is 13.0. The fourth-order valence-electron chi connectivity index (χ4n) is 5.08. The molecule has 1 aromatic carbocycles. The van der Waals surface area contributed by atoms with E-state index >= 15 is 0 Å². The number of nitrogens with zero attached hydrogens (tertiary/aromatic N) is 4. The number of aliphatic hydroxyl groups is 1. The number of thiazole rings is 1. The number of rotatable bonds is 10. The zero-order valence-electron chi connectivity index (χ0n) is 25.3. The van der Waals surface area contributed by atoms with Gasteiger partial charge in [-0.05, 0) is 62.4 Å². The number of carbonyl (C=O) groups excluding carboxylic acids is 3. The molecule has 0 bridgehead atoms. The molecule has 0 saturated carbocycles. The molecule has 1 amide bonds. The third-order valence-electron chi connectivity index (χ3n) is 7.40. The first-order chi connectivity index (χ1) is 21.0. The highest BCUT2D eigenvalue weighted by Crippen LogP contribution is 2.44. The molecule has 4 heterocycles. The predicted molar refractivity (Wildman–Crippen MR) is 168 cm³/mol. The molecule has 5 rings (SSSR count). The van der Waals surface area contributed by atoms with Crippen LogP contribution >= 0.6 is 11.3 Å². The first-order valence-corrected chi connectivity index (χ1v) is 15.1. The maximum Gasteiger partial charge on any atom is 0.350 e. The van der Waals surface area contributed by atoms with E-state index in [9.17, 15) is 19.5 Å². The fourth-order valence-corrected chi connectivity index (χ4v) is 6.07. The van der Waals surface area contributed by atoms with E-state index in [4.69, 9.17) is 9.47 Å². The van der Waals surface area contributed by atoms with Crippen LogP contribution in [0.25, 0.3) is 11.4 Å². The maximum atomic E-state index is 13.8. The van der Waals surface area contributed by atoms with Crippen LogP contribution in [-0.2, 0) is 14.3 Å². The Labute approximate surface area is 259 Å². The van der Waals surface area contributed by atoms with E-state index in [0.717, 1.165) is 23.3 Å². The Morgan fingerprint density at radius 1 is 1.16 bits per heavy atom. The number of hydrogen-bond acceptors (Lipinski definition) is 9. The molecule has 44 heavy (non-hydrogen) atoms. The molecule has 1 atom stereocenters. The summed E-state index contributed by atoms with van der Waals surface area (Å²) in [4.78, 5) is 50.8. The molecule has 228 valence electrons. The smallest absolute Gasteiger partial charge is 0.350 e. The number of aromatic nitrogens is 3. The number of pyridine rings is 1. The number of ketones is 1. The van der Waals surface area contributed by atoms with Crippen molar-refractivity contribution < 1.29 is 29.0 Å². The van der Waals surface area contributed by atoms with Crippen molar-refractivity contribution >= 4 is 45.5 Å². The third kappa shape index (κ3) is 5.62. The quantitative estimate of drug-likeness (QED) is 0.0746. The maximum absolute atomic E-state index is 13.8. The third-order valence-corrected chi connectivity index (χ3v) is 8.54. The number of fused-ring (bicyclic) bond motifs is 1. The van der Waals surface area contributed by atoms with Gasteiger partial charge in [0.2, 0.25) is 0 Å². The second-order valence-corrected chi connectivity index (χ2v) is 12.0. The van der Waals surface area contributed by atoms with Gasteiger partial charge < -0.3 is 19.0 Å². The number of benzene rings is 1. The van der Waals surface area contributed by atoms with Crippen LogP contribution in [-0.4, -0.2) is 50.3 Å². The van der Waals surface area contributed by atoms with Crippen LogP contribution in [0.15, 0.2) is 60.8 Å². The number of amides is 1. The van der Waals surface area contributed by atoms with Crippen LogP contribution < -0.4 is 9.64 Å². The minimum Gasteiger partial charge on any atom is -0.505 e. The zero-order valence-corrected chi connectivity index (χ0v) is 26.1. The number of imidazole rings is 1. The van der Waals surface area contributed by atoms with Crippen LogP contribution in [0.3, 0.4) is 0 Å². The Hall–Kier alpha value is -4.77. The van der Waals surface area contributed by atoms with E-state index in [-0.39, 0.29) is 27.9 Å². The molecule has 3 aromatic heterocycles. The number of aryl methyl sites for hydroxylation is 3. The van der Waals surface area contributed by atoms with Crippen molar-refractivity contribution in [1.29, 1.82) is 0 Å². The molecule has 0 radical (unpaired) electrons. The normalized spacial score (nSPS) is 16.2. The van der Waals surface area contributed by atoms with Gasteiger partial charge in [0.25, 0.3) is 5.78 Å². The predicted octanol–water partition coefficient (Wildman–Crippen LogP) is 6.11. The van der Waals surface area contributed by atoms with E-state index < -0.39 is 29.5 Å². The van der Waals surface area contributed by atoms with Crippen molar-refractivity contribution in [2.45, 2.75) is 47.1 Å². The molecule has 1 aliphatic heterocycles. The minimum atomic E-state index is -1.07. The number of Topliss-reactive ketones (excluding diaryl/α,β-unsaturated/α-hetero) is 1. The van der Waals surface area contributed by atoms with E-state index in [0.29, 0.717) is 40.9 Å². The monoisotopic (exact) mass is 614 g/mol. The summed E-state index contributed by atoms with van der Waals surface area (Å²) in [6.07, 6.45) is 4.12. The largest absolute Gasteiger partial charge is 0.505 e. The van der Waals surface area contributed by atoms with E-state index in [2.05, 4.69) is 30.4 Å². The Morgan fingerprint density at radius 3 is 2.64 bits per heavy atom. The number of anilines is 1. The summed E-state index contributed by atoms with van der Waals surface area (Å²) in [6, 6.07) is 9.77. The van der Waals surface area contributed by atoms with Gasteiger partial charge in [-0.25, -0.2) is 14.8 Å². The van der Waals surface area contributed by atoms with Gasteiger partial charge in [0.15, 0.2) is 10.9 Å². The molecule has 10 nitrogen and oxygen atoms in total. The SMILES string of the molecule is C=CCOC(=O)c1sc(N2C(=O)C(=O)C(=C(O)c3nc4c(C)cccn4c3C)C2c2cccc(OCCC(C)C)c2)nc1C. The molecule has 1 fully saturated rings. The molecule has 11 heteroatoms. The van der Waals surface area contributed by atoms with Crippen molar-refractivity contribution in [2.75, 3.05) is 18.1 Å². The van der Waals surface area contributed by atoms with Crippen LogP contribution in [0.5, 0.6) is 5.75 Å². The lowest BCUT2D eigenvalue weighted by Crippen LogP contribution is -2.29. The molecule has 1 unspecified atom stereocenters. The average Bonchev–Trinajstić information content (AvgIpc) is 3.63. The molecular weight excluding hydrogens is 580 g/mol. The molecule has 4 aromatic rings. The van der Waals surface area contributed by atoms with Crippen LogP contribution in [0.1, 0.15) is 64.2 Å². The molecule has 0 aliphatic carbocycles. The first-order valence-electron chi connectivity index (χ1n) is 14.3. The van der Waals surface area contributed by atoms with Crippen LogP contribution in [0, 0.1) is 26.7 Å². The van der Waals surface area contributed by atoms with Gasteiger partial charge in [0.1, 0.15) is 28.6 Å². The summed E-state index contributed by atoms with van der Waals surface area (Å²) in [6.45, 7) is 13.6. The van der Waals surface area contributed by atoms with Crippen LogP contribution in [0.4, 0.5) is 5.13 Å². The summed E-state index contributed by atoms with van der Waals surface area (Å²) in [5.74, 6) is -1.80. The van der Waals surface area contributed by atoms with Gasteiger partial charge in [-0.15, -0.1) is 0 Å². The molecule has 1 saturated heterocycles. The molecule has 0 spiro atoms. The lowest BCUT2D eigenvalue weighted by molar-refractivity contribution is -0.132. The number of carbonyl (C=O) groups is 3. The van der Waals surface area contributed by atoms with E-state index in [1.54, 1.807) is 38.1 Å². The molecule has 1 N–H and O–H groups in total. The van der Waals surface area contributed by atoms with Crippen molar-refractivity contribution in [2.24, 2.45) is 5.92 Å². The fraction of sp³-hybridized carbons (Fsp3) is 0.303. The van der Waals surface area contributed by atoms with Gasteiger partial charge >= 0.3 is 11.9 Å². The van der Waals surface area contributed by atoms with Gasteiger partial charge in [-0.1, -0.05) is 56.0 Å². The topological polar surface area (TPSA) is 123 Å². The summed E-state index contributed by atoms with van der Waals surface area (Å²) >= 11 is 0.937. The lowest BCUT2D eigenvalue weighted by atomic mass is 9.96. The van der Waals surface area contributed by atoms with Gasteiger partial charge in [0.05, 0.1) is 29.6 Å². The second kappa shape index (κ2) is 12.5. The van der Waals surface area contributed by atoms with E-state index in [1.165, 1.54) is 11.0 Å². The molecular formula is C33H34N4O6S. The number of aliphatic hydroxyl groups excluding tert-OH is 1. The summed E-state index contributed by atoms with van der Waals surface area (Å²) in [5, 5.41) is 11.9. The van der Waals surface area contributed by atoms with E-state index in [1.807, 2.05) is 29.7 Å². The Bertz CT molecular complexity index is 1820. The molecule has 1 aliphatic rings. The second-order valence-electron chi connectivity index (χ2n) is 11.0. The number of esters is 1. The highest BCUT2D eigenvalue weighted by Gasteiger charge is 2.49. The highest BCUT2D eigenvalue weighted by atomic mass is 32.1. The number of hydrogen-bond donors (Lipinski definition) is 1.